The van der Waals surface area contributed by atoms with Crippen LogP contribution in [0, 0.1) is 5.82 Å². The third kappa shape index (κ3) is 3.83. The fraction of sp³-hybridized carbons (Fsp3) is 0.0526. The zero-order valence-electron chi connectivity index (χ0n) is 13.3. The first-order chi connectivity index (χ1) is 12.1. The number of nitrogens with zero attached hydrogens (tertiary/aromatic N) is 2. The molecule has 0 bridgehead atoms. The van der Waals surface area contributed by atoms with Crippen LogP contribution in [0.1, 0.15) is 5.56 Å². The van der Waals surface area contributed by atoms with Crippen molar-refractivity contribution in [2.24, 2.45) is 0 Å². The van der Waals surface area contributed by atoms with E-state index < -0.39 is 0 Å². The van der Waals surface area contributed by atoms with E-state index in [9.17, 15) is 4.39 Å². The first-order valence-corrected chi connectivity index (χ1v) is 8.33. The van der Waals surface area contributed by atoms with Crippen molar-refractivity contribution in [3.63, 3.8) is 0 Å². The molecular weight excluding hydrogens is 398 g/mol. The van der Waals surface area contributed by atoms with Crippen LogP contribution in [0.5, 0.6) is 0 Å². The first-order valence-electron chi connectivity index (χ1n) is 7.58. The summed E-state index contributed by atoms with van der Waals surface area (Å²) in [7, 11) is 0. The van der Waals surface area contributed by atoms with Crippen LogP contribution in [0.15, 0.2) is 65.3 Å². The SMILES string of the molecule is Fc1ccc(C[n+]2cccc(-c3nc4cc(Cl)ccc4o3)c2)c(Cl)c1.[Cl-]. The van der Waals surface area contributed by atoms with Gasteiger partial charge in [0.15, 0.2) is 24.5 Å². The number of halogens is 4. The molecule has 0 atom stereocenters. The Morgan fingerprint density at radius 1 is 1.08 bits per heavy atom. The first kappa shape index (κ1) is 18.6. The average molecular weight is 410 g/mol. The van der Waals surface area contributed by atoms with Crippen molar-refractivity contribution in [1.82, 2.24) is 4.98 Å². The summed E-state index contributed by atoms with van der Waals surface area (Å²) in [5.41, 5.74) is 3.04. The molecule has 7 heteroatoms. The van der Waals surface area contributed by atoms with Gasteiger partial charge in [-0.05, 0) is 42.5 Å². The summed E-state index contributed by atoms with van der Waals surface area (Å²) >= 11 is 12.1. The van der Waals surface area contributed by atoms with Crippen LogP contribution in [-0.4, -0.2) is 4.98 Å². The summed E-state index contributed by atoms with van der Waals surface area (Å²) in [4.78, 5) is 4.48. The summed E-state index contributed by atoms with van der Waals surface area (Å²) in [6.45, 7) is 0.513. The third-order valence-corrected chi connectivity index (χ3v) is 4.41. The minimum absolute atomic E-state index is 0. The van der Waals surface area contributed by atoms with Gasteiger partial charge in [-0.3, -0.25) is 0 Å². The normalized spacial score (nSPS) is 10.7. The monoisotopic (exact) mass is 408 g/mol. The Morgan fingerprint density at radius 2 is 1.92 bits per heavy atom. The van der Waals surface area contributed by atoms with Gasteiger partial charge in [0.05, 0.1) is 5.02 Å². The van der Waals surface area contributed by atoms with Crippen molar-refractivity contribution in [2.75, 3.05) is 0 Å². The Bertz CT molecular complexity index is 1080. The van der Waals surface area contributed by atoms with Crippen LogP contribution < -0.4 is 17.0 Å². The number of benzene rings is 2. The molecule has 3 nitrogen and oxygen atoms in total. The van der Waals surface area contributed by atoms with Crippen molar-refractivity contribution in [2.45, 2.75) is 6.54 Å². The van der Waals surface area contributed by atoms with Crippen LogP contribution in [0.3, 0.4) is 0 Å². The Labute approximate surface area is 165 Å². The molecule has 2 aromatic carbocycles. The van der Waals surface area contributed by atoms with Gasteiger partial charge in [0, 0.05) is 16.7 Å². The highest BCUT2D eigenvalue weighted by Gasteiger charge is 2.14. The van der Waals surface area contributed by atoms with E-state index >= 15 is 0 Å². The van der Waals surface area contributed by atoms with Gasteiger partial charge in [-0.25, -0.2) is 9.37 Å². The van der Waals surface area contributed by atoms with E-state index in [0.717, 1.165) is 11.1 Å². The van der Waals surface area contributed by atoms with Crippen molar-refractivity contribution in [3.05, 3.63) is 82.4 Å². The van der Waals surface area contributed by atoms with Crippen molar-refractivity contribution >= 4 is 34.3 Å². The number of aromatic nitrogens is 2. The molecule has 0 saturated carbocycles. The van der Waals surface area contributed by atoms with E-state index in [-0.39, 0.29) is 18.2 Å². The largest absolute Gasteiger partial charge is 1.00 e. The van der Waals surface area contributed by atoms with E-state index in [2.05, 4.69) is 4.98 Å². The molecule has 0 aliphatic rings. The van der Waals surface area contributed by atoms with Gasteiger partial charge in [0.25, 0.3) is 0 Å². The Morgan fingerprint density at radius 3 is 2.73 bits per heavy atom. The molecule has 0 aliphatic carbocycles. The second kappa shape index (κ2) is 7.62. The molecule has 0 radical (unpaired) electrons. The third-order valence-electron chi connectivity index (χ3n) is 3.82. The maximum absolute atomic E-state index is 13.2. The predicted octanol–water partition coefficient (Wildman–Crippen LogP) is 2.28. The van der Waals surface area contributed by atoms with Crippen molar-refractivity contribution < 1.29 is 25.8 Å². The second-order valence-electron chi connectivity index (χ2n) is 5.63. The number of hydrogen-bond acceptors (Lipinski definition) is 2. The molecule has 2 aromatic heterocycles. The van der Waals surface area contributed by atoms with E-state index in [1.807, 2.05) is 29.1 Å². The van der Waals surface area contributed by atoms with Gasteiger partial charge in [-0.1, -0.05) is 23.2 Å². The second-order valence-corrected chi connectivity index (χ2v) is 6.48. The van der Waals surface area contributed by atoms with Gasteiger partial charge in [-0.15, -0.1) is 0 Å². The Kier molecular flexibility index (Phi) is 5.47. The smallest absolute Gasteiger partial charge is 0.233 e. The quantitative estimate of drug-likeness (QED) is 0.486. The minimum Gasteiger partial charge on any atom is -1.00 e. The van der Waals surface area contributed by atoms with Crippen LogP contribution in [0.25, 0.3) is 22.6 Å². The number of pyridine rings is 1. The topological polar surface area (TPSA) is 29.9 Å². The summed E-state index contributed by atoms with van der Waals surface area (Å²) in [6.07, 6.45) is 3.81. The summed E-state index contributed by atoms with van der Waals surface area (Å²) in [5.74, 6) is 0.162. The van der Waals surface area contributed by atoms with Crippen LogP contribution in [0.2, 0.25) is 10.0 Å². The minimum atomic E-state index is -0.349. The summed E-state index contributed by atoms with van der Waals surface area (Å²) in [6, 6.07) is 13.5. The molecule has 0 fully saturated rings. The Hall–Kier alpha value is -2.14. The van der Waals surface area contributed by atoms with E-state index in [1.54, 1.807) is 24.3 Å². The van der Waals surface area contributed by atoms with E-state index in [4.69, 9.17) is 27.6 Å². The molecule has 0 aliphatic heterocycles. The van der Waals surface area contributed by atoms with Gasteiger partial charge in [-0.2, -0.15) is 4.57 Å². The number of fused-ring (bicyclic) bond motifs is 1. The molecule has 132 valence electrons. The van der Waals surface area contributed by atoms with Crippen LogP contribution in [0.4, 0.5) is 4.39 Å². The molecule has 0 amide bonds. The Balaban J connectivity index is 0.00000196. The molecule has 0 N–H and O–H groups in total. The van der Waals surface area contributed by atoms with Gasteiger partial charge >= 0.3 is 0 Å². The van der Waals surface area contributed by atoms with E-state index in [1.165, 1.54) is 12.1 Å². The van der Waals surface area contributed by atoms with E-state index in [0.29, 0.717) is 33.6 Å². The van der Waals surface area contributed by atoms with Gasteiger partial charge in [0.1, 0.15) is 16.9 Å². The lowest BCUT2D eigenvalue weighted by Gasteiger charge is -2.02. The molecular formula is C19H12Cl3FN2O. The maximum atomic E-state index is 13.2. The van der Waals surface area contributed by atoms with Crippen molar-refractivity contribution in [1.29, 1.82) is 0 Å². The maximum Gasteiger partial charge on any atom is 0.233 e. The number of oxazole rings is 1. The van der Waals surface area contributed by atoms with Crippen LogP contribution >= 0.6 is 23.2 Å². The highest BCUT2D eigenvalue weighted by atomic mass is 35.5. The number of rotatable bonds is 3. The molecule has 0 spiro atoms. The highest BCUT2D eigenvalue weighted by Crippen LogP contribution is 2.25. The molecule has 26 heavy (non-hydrogen) atoms. The summed E-state index contributed by atoms with van der Waals surface area (Å²) < 4.78 is 20.9. The highest BCUT2D eigenvalue weighted by molar-refractivity contribution is 6.31. The zero-order valence-corrected chi connectivity index (χ0v) is 15.6. The predicted molar refractivity (Wildman–Crippen MR) is 95.2 cm³/mol. The standard InChI is InChI=1S/C19H12Cl2FN2O.ClH/c20-14-4-6-18-17(8-14)23-19(25-18)13-2-1-7-24(11-13)10-12-3-5-15(22)9-16(12)21;/h1-9,11H,10H2;1H/q+1;/p-1. The zero-order chi connectivity index (χ0) is 17.4. The lowest BCUT2D eigenvalue weighted by molar-refractivity contribution is -0.687. The van der Waals surface area contributed by atoms with Gasteiger partial charge < -0.3 is 16.8 Å². The lowest BCUT2D eigenvalue weighted by atomic mass is 10.2. The fourth-order valence-corrected chi connectivity index (χ4v) is 3.01. The molecule has 4 rings (SSSR count). The molecule has 0 saturated heterocycles. The molecule has 4 aromatic rings. The summed E-state index contributed by atoms with van der Waals surface area (Å²) in [5, 5.41) is 1.01. The van der Waals surface area contributed by atoms with Gasteiger partial charge in [0.2, 0.25) is 5.89 Å². The molecule has 2 heterocycles. The van der Waals surface area contributed by atoms with Crippen molar-refractivity contribution in [3.8, 4) is 11.5 Å². The van der Waals surface area contributed by atoms with Crippen LogP contribution in [-0.2, 0) is 6.54 Å². The number of hydrogen-bond donors (Lipinski definition) is 0. The fourth-order valence-electron chi connectivity index (χ4n) is 2.62. The lowest BCUT2D eigenvalue weighted by Crippen LogP contribution is -3.00. The molecule has 0 unspecified atom stereocenters. The average Bonchev–Trinajstić information content (AvgIpc) is 3.01.